The Morgan fingerprint density at radius 1 is 1.33 bits per heavy atom. The maximum absolute atomic E-state index is 5.36. The lowest BCUT2D eigenvalue weighted by atomic mass is 10.0. The van der Waals surface area contributed by atoms with Crippen molar-refractivity contribution in [3.8, 4) is 11.6 Å². The lowest BCUT2D eigenvalue weighted by Crippen LogP contribution is -2.09. The molecule has 2 aromatic heterocycles. The summed E-state index contributed by atoms with van der Waals surface area (Å²) in [5.41, 5.74) is 2.18. The number of furan rings is 1. The van der Waals surface area contributed by atoms with Gasteiger partial charge in [0.2, 0.25) is 0 Å². The number of hydrogen-bond donors (Lipinski definition) is 1. The van der Waals surface area contributed by atoms with Crippen molar-refractivity contribution < 1.29 is 4.42 Å². The number of aryl methyl sites for hydroxylation is 1. The molecule has 0 bridgehead atoms. The molecular weight excluding hydrogens is 226 g/mol. The highest BCUT2D eigenvalue weighted by molar-refractivity contribution is 5.56. The van der Waals surface area contributed by atoms with E-state index in [0.29, 0.717) is 17.5 Å². The first-order chi connectivity index (χ1) is 8.63. The summed E-state index contributed by atoms with van der Waals surface area (Å²) in [6.45, 7) is 9.23. The van der Waals surface area contributed by atoms with Crippen molar-refractivity contribution in [3.63, 3.8) is 0 Å². The summed E-state index contributed by atoms with van der Waals surface area (Å²) in [7, 11) is 0. The van der Waals surface area contributed by atoms with Crippen LogP contribution in [-0.2, 0) is 0 Å². The molecule has 0 amide bonds. The van der Waals surface area contributed by atoms with Crippen LogP contribution in [0.15, 0.2) is 22.8 Å². The quantitative estimate of drug-likeness (QED) is 0.894. The molecule has 0 spiro atoms. The second-order valence-corrected chi connectivity index (χ2v) is 4.56. The standard InChI is InChI=1S/C14H19N3O/c1-5-15-14-12(9(2)3)10(4)16-13(17-14)11-7-6-8-18-11/h6-9H,5H2,1-4H3,(H,15,16,17). The second kappa shape index (κ2) is 5.21. The zero-order chi connectivity index (χ0) is 13.1. The van der Waals surface area contributed by atoms with E-state index in [9.17, 15) is 0 Å². The second-order valence-electron chi connectivity index (χ2n) is 4.56. The van der Waals surface area contributed by atoms with E-state index in [1.165, 1.54) is 5.56 Å². The van der Waals surface area contributed by atoms with Gasteiger partial charge in [-0.2, -0.15) is 0 Å². The van der Waals surface area contributed by atoms with Gasteiger partial charge in [-0.15, -0.1) is 0 Å². The average Bonchev–Trinajstić information content (AvgIpc) is 2.81. The summed E-state index contributed by atoms with van der Waals surface area (Å²) < 4.78 is 5.36. The molecule has 0 aliphatic carbocycles. The minimum atomic E-state index is 0.393. The highest BCUT2D eigenvalue weighted by atomic mass is 16.3. The predicted molar refractivity (Wildman–Crippen MR) is 72.7 cm³/mol. The molecule has 96 valence electrons. The number of hydrogen-bond acceptors (Lipinski definition) is 4. The van der Waals surface area contributed by atoms with E-state index in [4.69, 9.17) is 4.42 Å². The molecule has 0 saturated carbocycles. The predicted octanol–water partition coefficient (Wildman–Crippen LogP) is 3.60. The van der Waals surface area contributed by atoms with E-state index in [2.05, 4.69) is 36.1 Å². The molecular formula is C14H19N3O. The lowest BCUT2D eigenvalue weighted by molar-refractivity contribution is 0.576. The van der Waals surface area contributed by atoms with Crippen LogP contribution in [0.2, 0.25) is 0 Å². The van der Waals surface area contributed by atoms with Gasteiger partial charge in [-0.3, -0.25) is 0 Å². The maximum atomic E-state index is 5.36. The van der Waals surface area contributed by atoms with E-state index in [0.717, 1.165) is 18.1 Å². The van der Waals surface area contributed by atoms with Crippen LogP contribution >= 0.6 is 0 Å². The maximum Gasteiger partial charge on any atom is 0.197 e. The zero-order valence-corrected chi connectivity index (χ0v) is 11.3. The topological polar surface area (TPSA) is 51.0 Å². The molecule has 0 unspecified atom stereocenters. The molecule has 0 aliphatic heterocycles. The number of anilines is 1. The largest absolute Gasteiger partial charge is 0.461 e. The summed E-state index contributed by atoms with van der Waals surface area (Å²) in [6.07, 6.45) is 1.64. The van der Waals surface area contributed by atoms with Crippen molar-refractivity contribution in [2.75, 3.05) is 11.9 Å². The first-order valence-electron chi connectivity index (χ1n) is 6.29. The normalized spacial score (nSPS) is 10.9. The fraction of sp³-hybridized carbons (Fsp3) is 0.429. The van der Waals surface area contributed by atoms with Crippen LogP contribution in [0, 0.1) is 6.92 Å². The van der Waals surface area contributed by atoms with Crippen molar-refractivity contribution >= 4 is 5.82 Å². The summed E-state index contributed by atoms with van der Waals surface area (Å²) in [5.74, 6) is 2.64. The SMILES string of the molecule is CCNc1nc(-c2ccco2)nc(C)c1C(C)C. The summed E-state index contributed by atoms with van der Waals surface area (Å²) in [6, 6.07) is 3.72. The fourth-order valence-electron chi connectivity index (χ4n) is 2.09. The van der Waals surface area contributed by atoms with E-state index in [-0.39, 0.29) is 0 Å². The van der Waals surface area contributed by atoms with E-state index >= 15 is 0 Å². The van der Waals surface area contributed by atoms with Crippen molar-refractivity contribution in [2.45, 2.75) is 33.6 Å². The van der Waals surface area contributed by atoms with E-state index < -0.39 is 0 Å². The van der Waals surface area contributed by atoms with Gasteiger partial charge >= 0.3 is 0 Å². The lowest BCUT2D eigenvalue weighted by Gasteiger charge is -2.15. The van der Waals surface area contributed by atoms with Crippen LogP contribution in [0.1, 0.15) is 37.9 Å². The van der Waals surface area contributed by atoms with Gasteiger partial charge in [0.05, 0.1) is 6.26 Å². The van der Waals surface area contributed by atoms with Crippen molar-refractivity contribution in [3.05, 3.63) is 29.7 Å². The molecule has 4 nitrogen and oxygen atoms in total. The molecule has 1 N–H and O–H groups in total. The van der Waals surface area contributed by atoms with Gasteiger partial charge in [0.15, 0.2) is 11.6 Å². The van der Waals surface area contributed by atoms with Crippen LogP contribution in [0.25, 0.3) is 11.6 Å². The molecule has 18 heavy (non-hydrogen) atoms. The Morgan fingerprint density at radius 2 is 2.11 bits per heavy atom. The average molecular weight is 245 g/mol. The highest BCUT2D eigenvalue weighted by Crippen LogP contribution is 2.28. The Kier molecular flexibility index (Phi) is 3.65. The monoisotopic (exact) mass is 245 g/mol. The van der Waals surface area contributed by atoms with Crippen molar-refractivity contribution in [1.29, 1.82) is 0 Å². The van der Waals surface area contributed by atoms with Crippen LogP contribution in [-0.4, -0.2) is 16.5 Å². The van der Waals surface area contributed by atoms with Gasteiger partial charge in [0, 0.05) is 17.8 Å². The van der Waals surface area contributed by atoms with E-state index in [1.807, 2.05) is 19.1 Å². The van der Waals surface area contributed by atoms with Gasteiger partial charge in [0.25, 0.3) is 0 Å². The van der Waals surface area contributed by atoms with Crippen LogP contribution in [0.3, 0.4) is 0 Å². The fourth-order valence-corrected chi connectivity index (χ4v) is 2.09. The molecule has 0 atom stereocenters. The molecule has 2 rings (SSSR count). The Hall–Kier alpha value is -1.84. The Balaban J connectivity index is 2.53. The Morgan fingerprint density at radius 3 is 2.67 bits per heavy atom. The van der Waals surface area contributed by atoms with Crippen molar-refractivity contribution in [2.24, 2.45) is 0 Å². The first-order valence-corrected chi connectivity index (χ1v) is 6.29. The Bertz CT molecular complexity index is 518. The molecule has 0 fully saturated rings. The number of nitrogens with one attached hydrogen (secondary N) is 1. The van der Waals surface area contributed by atoms with Crippen molar-refractivity contribution in [1.82, 2.24) is 9.97 Å². The third kappa shape index (κ3) is 2.37. The highest BCUT2D eigenvalue weighted by Gasteiger charge is 2.16. The van der Waals surface area contributed by atoms with Gasteiger partial charge in [-0.25, -0.2) is 9.97 Å². The first kappa shape index (κ1) is 12.6. The molecule has 0 saturated heterocycles. The van der Waals surface area contributed by atoms with E-state index in [1.54, 1.807) is 6.26 Å². The molecule has 0 radical (unpaired) electrons. The van der Waals surface area contributed by atoms with Gasteiger partial charge < -0.3 is 9.73 Å². The zero-order valence-electron chi connectivity index (χ0n) is 11.3. The third-order valence-electron chi connectivity index (χ3n) is 2.80. The van der Waals surface area contributed by atoms with Crippen LogP contribution in [0.5, 0.6) is 0 Å². The van der Waals surface area contributed by atoms with Gasteiger partial charge in [0.1, 0.15) is 5.82 Å². The molecule has 0 aliphatic rings. The van der Waals surface area contributed by atoms with Gasteiger partial charge in [-0.1, -0.05) is 13.8 Å². The number of aromatic nitrogens is 2. The third-order valence-corrected chi connectivity index (χ3v) is 2.80. The smallest absolute Gasteiger partial charge is 0.197 e. The summed E-state index contributed by atoms with van der Waals surface area (Å²) >= 11 is 0. The summed E-state index contributed by atoms with van der Waals surface area (Å²) in [4.78, 5) is 9.11. The Labute approximate surface area is 107 Å². The number of rotatable bonds is 4. The molecule has 0 aromatic carbocycles. The minimum absolute atomic E-state index is 0.393. The molecule has 2 heterocycles. The van der Waals surface area contributed by atoms with Gasteiger partial charge in [-0.05, 0) is 31.9 Å². The van der Waals surface area contributed by atoms with Crippen LogP contribution < -0.4 is 5.32 Å². The number of nitrogens with zero attached hydrogens (tertiary/aromatic N) is 2. The van der Waals surface area contributed by atoms with Crippen LogP contribution in [0.4, 0.5) is 5.82 Å². The minimum Gasteiger partial charge on any atom is -0.461 e. The molecule has 2 aromatic rings. The molecule has 4 heteroatoms. The summed E-state index contributed by atoms with van der Waals surface area (Å²) in [5, 5.41) is 3.31.